The van der Waals surface area contributed by atoms with Crippen molar-refractivity contribution in [2.24, 2.45) is 0 Å². The van der Waals surface area contributed by atoms with E-state index in [0.717, 1.165) is 9.13 Å². The van der Waals surface area contributed by atoms with Crippen LogP contribution in [0.2, 0.25) is 0 Å². The van der Waals surface area contributed by atoms with Gasteiger partial charge in [-0.2, -0.15) is 0 Å². The molecule has 1 rings (SSSR count). The van der Waals surface area contributed by atoms with E-state index in [4.69, 9.17) is 5.11 Å². The Morgan fingerprint density at radius 2 is 1.22 bits per heavy atom. The number of carbonyl (C=O) groups is 1. The molecule has 1 aromatic rings. The Labute approximate surface area is 164 Å². The molecule has 0 spiro atoms. The van der Waals surface area contributed by atoms with Gasteiger partial charge in [0.15, 0.2) is 0 Å². The van der Waals surface area contributed by atoms with Gasteiger partial charge >= 0.3 is 23.0 Å². The third-order valence-electron chi connectivity index (χ3n) is 2.78. The summed E-state index contributed by atoms with van der Waals surface area (Å²) in [6.45, 7) is -0.797. The predicted octanol–water partition coefficient (Wildman–Crippen LogP) is 0.573. The van der Waals surface area contributed by atoms with E-state index >= 15 is 0 Å². The highest BCUT2D eigenvalue weighted by Crippen LogP contribution is 2.06. The summed E-state index contributed by atoms with van der Waals surface area (Å²) >= 11 is 13.0. The van der Waals surface area contributed by atoms with Gasteiger partial charge in [0.2, 0.25) is 0 Å². The molecule has 0 fully saturated rings. The smallest absolute Gasteiger partial charge is 0.336 e. The standard InChI is InChI=1S/C11H13Br4N3O5/c12-1-6(14)3-16-9(21)17(4-7(15)2-13)11(23)18(10(16)22)5-8(19)20/h6-7H,1-5H2,(H,19,20). The molecule has 8 nitrogen and oxygen atoms in total. The van der Waals surface area contributed by atoms with Crippen molar-refractivity contribution in [3.8, 4) is 0 Å². The quantitative estimate of drug-likeness (QED) is 0.449. The van der Waals surface area contributed by atoms with Crippen LogP contribution in [-0.2, 0) is 24.4 Å². The van der Waals surface area contributed by atoms with Crippen LogP contribution in [0.5, 0.6) is 0 Å². The summed E-state index contributed by atoms with van der Waals surface area (Å²) in [4.78, 5) is 47.5. The number of carboxylic acid groups (broad SMARTS) is 1. The van der Waals surface area contributed by atoms with Crippen molar-refractivity contribution in [1.29, 1.82) is 0 Å². The van der Waals surface area contributed by atoms with Crippen LogP contribution in [0.4, 0.5) is 0 Å². The van der Waals surface area contributed by atoms with Crippen molar-refractivity contribution < 1.29 is 9.90 Å². The minimum atomic E-state index is -1.34. The van der Waals surface area contributed by atoms with Crippen molar-refractivity contribution in [1.82, 2.24) is 13.7 Å². The number of rotatable bonds is 8. The summed E-state index contributed by atoms with van der Waals surface area (Å²) in [5, 5.41) is 9.84. The van der Waals surface area contributed by atoms with Crippen molar-refractivity contribution >= 4 is 69.7 Å². The molecular weight excluding hydrogens is 574 g/mol. The molecule has 0 radical (unpaired) electrons. The van der Waals surface area contributed by atoms with Crippen LogP contribution in [0, 0.1) is 0 Å². The van der Waals surface area contributed by atoms with Gasteiger partial charge in [0.25, 0.3) is 0 Å². The number of carboxylic acids is 1. The van der Waals surface area contributed by atoms with Crippen LogP contribution >= 0.6 is 63.7 Å². The Morgan fingerprint density at radius 1 is 0.870 bits per heavy atom. The predicted molar refractivity (Wildman–Crippen MR) is 99.9 cm³/mol. The number of aromatic nitrogens is 3. The second-order valence-corrected chi connectivity index (χ2v) is 8.44. The second-order valence-electron chi connectivity index (χ2n) is 4.55. The van der Waals surface area contributed by atoms with Crippen LogP contribution in [0.1, 0.15) is 0 Å². The van der Waals surface area contributed by atoms with E-state index in [9.17, 15) is 19.2 Å². The average Bonchev–Trinajstić information content (AvgIpc) is 2.51. The first-order valence-corrected chi connectivity index (χ1v) is 10.4. The van der Waals surface area contributed by atoms with E-state index in [1.165, 1.54) is 0 Å². The minimum Gasteiger partial charge on any atom is -0.480 e. The van der Waals surface area contributed by atoms with Gasteiger partial charge in [-0.15, -0.1) is 0 Å². The van der Waals surface area contributed by atoms with Crippen LogP contribution < -0.4 is 17.1 Å². The summed E-state index contributed by atoms with van der Waals surface area (Å²) in [7, 11) is 0. The highest BCUT2D eigenvalue weighted by Gasteiger charge is 2.20. The molecule has 0 saturated heterocycles. The van der Waals surface area contributed by atoms with E-state index < -0.39 is 29.6 Å². The molecule has 1 N–H and O–H groups in total. The monoisotopic (exact) mass is 583 g/mol. The zero-order chi connectivity index (χ0) is 17.7. The van der Waals surface area contributed by atoms with Crippen molar-refractivity contribution in [3.05, 3.63) is 31.5 Å². The van der Waals surface area contributed by atoms with E-state index in [1.54, 1.807) is 0 Å². The Balaban J connectivity index is 3.59. The summed E-state index contributed by atoms with van der Waals surface area (Å²) in [5.74, 6) is -1.34. The van der Waals surface area contributed by atoms with E-state index in [2.05, 4.69) is 63.7 Å². The Kier molecular flexibility index (Phi) is 8.45. The van der Waals surface area contributed by atoms with Crippen molar-refractivity contribution in [3.63, 3.8) is 0 Å². The van der Waals surface area contributed by atoms with Crippen LogP contribution in [0.3, 0.4) is 0 Å². The summed E-state index contributed by atoms with van der Waals surface area (Å²) in [6, 6.07) is 0. The Hall–Kier alpha value is -0.200. The zero-order valence-corrected chi connectivity index (χ0v) is 18.0. The lowest BCUT2D eigenvalue weighted by atomic mass is 10.4. The van der Waals surface area contributed by atoms with Crippen LogP contribution in [-0.4, -0.2) is 45.1 Å². The molecule has 2 atom stereocenters. The number of alkyl halides is 4. The minimum absolute atomic E-state index is 0.00405. The number of halogens is 4. The van der Waals surface area contributed by atoms with E-state index in [-0.39, 0.29) is 22.7 Å². The third-order valence-corrected chi connectivity index (χ3v) is 7.30. The molecule has 0 aliphatic carbocycles. The summed E-state index contributed by atoms with van der Waals surface area (Å²) in [6.07, 6.45) is 0. The molecule has 0 saturated carbocycles. The molecule has 2 unspecified atom stereocenters. The van der Waals surface area contributed by atoms with Gasteiger partial charge in [0.1, 0.15) is 6.54 Å². The van der Waals surface area contributed by atoms with Gasteiger partial charge in [0, 0.05) is 33.4 Å². The topological polar surface area (TPSA) is 103 Å². The first-order chi connectivity index (χ1) is 10.7. The zero-order valence-electron chi connectivity index (χ0n) is 11.6. The van der Waals surface area contributed by atoms with Crippen molar-refractivity contribution in [2.75, 3.05) is 10.7 Å². The molecule has 0 aliphatic rings. The first kappa shape index (κ1) is 20.8. The average molecular weight is 587 g/mol. The molecule has 23 heavy (non-hydrogen) atoms. The SMILES string of the molecule is O=C(O)Cn1c(=O)n(CC(Br)CBr)c(=O)n(CC(Br)CBr)c1=O. The highest BCUT2D eigenvalue weighted by atomic mass is 79.9. The number of hydrogen-bond donors (Lipinski definition) is 1. The van der Waals surface area contributed by atoms with Crippen molar-refractivity contribution in [2.45, 2.75) is 29.3 Å². The molecule has 1 heterocycles. The largest absolute Gasteiger partial charge is 0.480 e. The highest BCUT2D eigenvalue weighted by molar-refractivity contribution is 9.12. The molecule has 12 heteroatoms. The number of nitrogens with zero attached hydrogens (tertiary/aromatic N) is 3. The lowest BCUT2D eigenvalue weighted by molar-refractivity contribution is -0.137. The first-order valence-electron chi connectivity index (χ1n) is 6.29. The lowest BCUT2D eigenvalue weighted by Crippen LogP contribution is -2.56. The second kappa shape index (κ2) is 9.33. The maximum atomic E-state index is 12.4. The number of aliphatic carboxylic acids is 1. The fourth-order valence-electron chi connectivity index (χ4n) is 1.76. The van der Waals surface area contributed by atoms with Gasteiger partial charge < -0.3 is 5.11 Å². The fourth-order valence-corrected chi connectivity index (χ4v) is 2.75. The molecule has 130 valence electrons. The molecule has 1 aromatic heterocycles. The maximum absolute atomic E-state index is 12.4. The third kappa shape index (κ3) is 5.40. The molecular formula is C11H13Br4N3O5. The molecule has 0 amide bonds. The lowest BCUT2D eigenvalue weighted by Gasteiger charge is -2.15. The Bertz CT molecular complexity index is 690. The van der Waals surface area contributed by atoms with Crippen LogP contribution in [0.15, 0.2) is 14.4 Å². The van der Waals surface area contributed by atoms with Crippen LogP contribution in [0.25, 0.3) is 0 Å². The molecule has 0 aromatic carbocycles. The Morgan fingerprint density at radius 3 is 1.52 bits per heavy atom. The van der Waals surface area contributed by atoms with E-state index in [1.807, 2.05) is 0 Å². The van der Waals surface area contributed by atoms with Gasteiger partial charge in [-0.3, -0.25) is 4.79 Å². The molecule has 0 aliphatic heterocycles. The number of hydrogen-bond acceptors (Lipinski definition) is 4. The maximum Gasteiger partial charge on any atom is 0.336 e. The normalized spacial score (nSPS) is 13.7. The van der Waals surface area contributed by atoms with E-state index in [0.29, 0.717) is 15.2 Å². The summed E-state index contributed by atoms with van der Waals surface area (Å²) < 4.78 is 2.27. The fraction of sp³-hybridized carbons (Fsp3) is 0.636. The summed E-state index contributed by atoms with van der Waals surface area (Å²) in [5.41, 5.74) is -2.64. The van der Waals surface area contributed by atoms with Gasteiger partial charge in [0.05, 0.1) is 0 Å². The van der Waals surface area contributed by atoms with Gasteiger partial charge in [-0.25, -0.2) is 28.1 Å². The molecule has 0 bridgehead atoms. The van der Waals surface area contributed by atoms with Gasteiger partial charge in [-0.05, 0) is 0 Å². The van der Waals surface area contributed by atoms with Gasteiger partial charge in [-0.1, -0.05) is 63.7 Å².